The fraction of sp³-hybridized carbons (Fsp3) is 0.900. The van der Waals surface area contributed by atoms with Crippen LogP contribution in [0, 0.1) is 0 Å². The Kier molecular flexibility index (Phi) is 4.84. The Morgan fingerprint density at radius 1 is 1.73 bits per heavy atom. The maximum atomic E-state index is 11.5. The number of hydrogen-bond acceptors (Lipinski definition) is 3. The molecule has 2 atom stereocenters. The average Bonchev–Trinajstić information content (AvgIpc) is 2.76. The number of rotatable bonds is 4. The number of carbonyl (C=O) groups is 1. The summed E-state index contributed by atoms with van der Waals surface area (Å²) in [6.45, 7) is 3.13. The van der Waals surface area contributed by atoms with Crippen LogP contribution in [0.4, 0.5) is 4.79 Å². The van der Waals surface area contributed by atoms with Crippen LogP contribution in [0.25, 0.3) is 0 Å². The lowest BCUT2D eigenvalue weighted by atomic mass is 10.2. The van der Waals surface area contributed by atoms with Gasteiger partial charge in [0.25, 0.3) is 0 Å². The van der Waals surface area contributed by atoms with E-state index in [0.29, 0.717) is 6.54 Å². The third-order valence-corrected chi connectivity index (χ3v) is 2.75. The van der Waals surface area contributed by atoms with Crippen molar-refractivity contribution in [2.24, 2.45) is 0 Å². The molecule has 15 heavy (non-hydrogen) atoms. The fourth-order valence-corrected chi connectivity index (χ4v) is 1.45. The maximum Gasteiger partial charge on any atom is 0.317 e. The van der Waals surface area contributed by atoms with Gasteiger partial charge in [-0.2, -0.15) is 0 Å². The summed E-state index contributed by atoms with van der Waals surface area (Å²) in [4.78, 5) is 13.0. The minimum absolute atomic E-state index is 0.0240. The van der Waals surface area contributed by atoms with Crippen molar-refractivity contribution >= 4 is 6.03 Å². The summed E-state index contributed by atoms with van der Waals surface area (Å²) in [6, 6.07) is -0.318. The van der Waals surface area contributed by atoms with Crippen molar-refractivity contribution in [1.29, 1.82) is 0 Å². The number of amides is 2. The molecule has 0 aliphatic carbocycles. The number of nitrogens with one attached hydrogen (secondary N) is 1. The predicted octanol–water partition coefficient (Wildman–Crippen LogP) is 0.188. The van der Waals surface area contributed by atoms with Crippen molar-refractivity contribution < 1.29 is 14.6 Å². The largest absolute Gasteiger partial charge is 0.394 e. The van der Waals surface area contributed by atoms with Crippen LogP contribution in [0.5, 0.6) is 0 Å². The van der Waals surface area contributed by atoms with Crippen molar-refractivity contribution in [3.63, 3.8) is 0 Å². The summed E-state index contributed by atoms with van der Waals surface area (Å²) in [5.41, 5.74) is 0. The molecular weight excluding hydrogens is 196 g/mol. The number of nitrogens with zero attached hydrogens (tertiary/aromatic N) is 1. The lowest BCUT2D eigenvalue weighted by Gasteiger charge is -2.24. The average molecular weight is 216 g/mol. The molecule has 0 bridgehead atoms. The maximum absolute atomic E-state index is 11.5. The van der Waals surface area contributed by atoms with Gasteiger partial charge in [-0.15, -0.1) is 0 Å². The molecule has 88 valence electrons. The van der Waals surface area contributed by atoms with Crippen molar-refractivity contribution in [2.75, 3.05) is 26.8 Å². The lowest BCUT2D eigenvalue weighted by molar-refractivity contribution is 0.106. The molecule has 1 fully saturated rings. The third-order valence-electron chi connectivity index (χ3n) is 2.75. The molecule has 0 aromatic heterocycles. The van der Waals surface area contributed by atoms with Gasteiger partial charge in [0, 0.05) is 20.2 Å². The predicted molar refractivity (Wildman–Crippen MR) is 56.7 cm³/mol. The van der Waals surface area contributed by atoms with Crippen molar-refractivity contribution in [2.45, 2.75) is 31.9 Å². The standard InChI is InChI=1S/C10H20N2O3/c1-8(7-13)12(2)10(14)11-6-9-4-3-5-15-9/h8-9,13H,3-7H2,1-2H3,(H,11,14). The Morgan fingerprint density at radius 3 is 3.00 bits per heavy atom. The van der Waals surface area contributed by atoms with Gasteiger partial charge in [-0.05, 0) is 19.8 Å². The first kappa shape index (κ1) is 12.3. The molecule has 5 heteroatoms. The van der Waals surface area contributed by atoms with Crippen LogP contribution in [-0.4, -0.2) is 55.0 Å². The molecule has 0 aromatic rings. The summed E-state index contributed by atoms with van der Waals surface area (Å²) in [6.07, 6.45) is 2.25. The van der Waals surface area contributed by atoms with Gasteiger partial charge < -0.3 is 20.1 Å². The van der Waals surface area contributed by atoms with Gasteiger partial charge >= 0.3 is 6.03 Å². The van der Waals surface area contributed by atoms with Gasteiger partial charge in [-0.1, -0.05) is 0 Å². The highest BCUT2D eigenvalue weighted by Crippen LogP contribution is 2.10. The molecule has 2 amide bonds. The van der Waals surface area contributed by atoms with E-state index in [0.717, 1.165) is 19.4 Å². The first-order valence-electron chi connectivity index (χ1n) is 5.38. The summed E-state index contributed by atoms with van der Waals surface area (Å²) < 4.78 is 5.39. The highest BCUT2D eigenvalue weighted by atomic mass is 16.5. The Labute approximate surface area is 90.4 Å². The van der Waals surface area contributed by atoms with E-state index in [-0.39, 0.29) is 24.8 Å². The highest BCUT2D eigenvalue weighted by molar-refractivity contribution is 5.74. The number of aliphatic hydroxyl groups excluding tert-OH is 1. The number of likely N-dealkylation sites (N-methyl/N-ethyl adjacent to an activating group) is 1. The smallest absolute Gasteiger partial charge is 0.317 e. The second-order valence-corrected chi connectivity index (χ2v) is 3.96. The Hall–Kier alpha value is -0.810. The Balaban J connectivity index is 2.22. The first-order chi connectivity index (χ1) is 7.15. The van der Waals surface area contributed by atoms with Crippen molar-refractivity contribution in [3.05, 3.63) is 0 Å². The zero-order chi connectivity index (χ0) is 11.3. The molecule has 1 heterocycles. The van der Waals surface area contributed by atoms with E-state index in [2.05, 4.69) is 5.32 Å². The molecule has 0 radical (unpaired) electrons. The molecule has 2 unspecified atom stereocenters. The van der Waals surface area contributed by atoms with E-state index in [1.54, 1.807) is 14.0 Å². The topological polar surface area (TPSA) is 61.8 Å². The SMILES string of the molecule is CC(CO)N(C)C(=O)NCC1CCCO1. The van der Waals surface area contributed by atoms with Crippen LogP contribution in [-0.2, 0) is 4.74 Å². The summed E-state index contributed by atoms with van der Waals surface area (Å²) in [7, 11) is 1.67. The summed E-state index contributed by atoms with van der Waals surface area (Å²) in [5, 5.41) is 11.7. The van der Waals surface area contributed by atoms with Crippen LogP contribution in [0.2, 0.25) is 0 Å². The zero-order valence-electron chi connectivity index (χ0n) is 9.40. The summed E-state index contributed by atoms with van der Waals surface area (Å²) >= 11 is 0. The van der Waals surface area contributed by atoms with Crippen LogP contribution >= 0.6 is 0 Å². The van der Waals surface area contributed by atoms with E-state index < -0.39 is 0 Å². The molecule has 0 aromatic carbocycles. The number of carbonyl (C=O) groups excluding carboxylic acids is 1. The molecular formula is C10H20N2O3. The van der Waals surface area contributed by atoms with E-state index in [4.69, 9.17) is 9.84 Å². The fourth-order valence-electron chi connectivity index (χ4n) is 1.45. The number of hydrogen-bond donors (Lipinski definition) is 2. The Morgan fingerprint density at radius 2 is 2.47 bits per heavy atom. The van der Waals surface area contributed by atoms with Crippen LogP contribution in [0.1, 0.15) is 19.8 Å². The van der Waals surface area contributed by atoms with Gasteiger partial charge in [0.05, 0.1) is 18.8 Å². The molecule has 0 spiro atoms. The number of aliphatic hydroxyl groups is 1. The molecule has 1 aliphatic heterocycles. The van der Waals surface area contributed by atoms with Crippen molar-refractivity contribution in [3.8, 4) is 0 Å². The lowest BCUT2D eigenvalue weighted by Crippen LogP contribution is -2.45. The number of urea groups is 1. The molecule has 1 rings (SSSR count). The highest BCUT2D eigenvalue weighted by Gasteiger charge is 2.19. The summed E-state index contributed by atoms with van der Waals surface area (Å²) in [5.74, 6) is 0. The van der Waals surface area contributed by atoms with E-state index in [9.17, 15) is 4.79 Å². The normalized spacial score (nSPS) is 22.5. The first-order valence-corrected chi connectivity index (χ1v) is 5.38. The van der Waals surface area contributed by atoms with E-state index >= 15 is 0 Å². The van der Waals surface area contributed by atoms with Gasteiger partial charge in [-0.25, -0.2) is 4.79 Å². The second-order valence-electron chi connectivity index (χ2n) is 3.96. The van der Waals surface area contributed by atoms with Gasteiger partial charge in [0.15, 0.2) is 0 Å². The van der Waals surface area contributed by atoms with Gasteiger partial charge in [0.2, 0.25) is 0 Å². The van der Waals surface area contributed by atoms with Crippen molar-refractivity contribution in [1.82, 2.24) is 10.2 Å². The van der Waals surface area contributed by atoms with E-state index in [1.807, 2.05) is 0 Å². The molecule has 5 nitrogen and oxygen atoms in total. The van der Waals surface area contributed by atoms with Crippen LogP contribution in [0.15, 0.2) is 0 Å². The monoisotopic (exact) mass is 216 g/mol. The quantitative estimate of drug-likeness (QED) is 0.705. The second kappa shape index (κ2) is 5.92. The van der Waals surface area contributed by atoms with Crippen LogP contribution < -0.4 is 5.32 Å². The minimum Gasteiger partial charge on any atom is -0.394 e. The molecule has 1 aliphatic rings. The third kappa shape index (κ3) is 3.68. The molecule has 2 N–H and O–H groups in total. The number of ether oxygens (including phenoxy) is 1. The van der Waals surface area contributed by atoms with Gasteiger partial charge in [0.1, 0.15) is 0 Å². The minimum atomic E-state index is -0.160. The van der Waals surface area contributed by atoms with E-state index in [1.165, 1.54) is 4.90 Å². The zero-order valence-corrected chi connectivity index (χ0v) is 9.40. The molecule has 1 saturated heterocycles. The van der Waals surface area contributed by atoms with Gasteiger partial charge in [-0.3, -0.25) is 0 Å². The Bertz CT molecular complexity index is 205. The van der Waals surface area contributed by atoms with Crippen LogP contribution in [0.3, 0.4) is 0 Å². The molecule has 0 saturated carbocycles.